The van der Waals surface area contributed by atoms with Crippen LogP contribution in [0.5, 0.6) is 0 Å². The van der Waals surface area contributed by atoms with Crippen LogP contribution in [-0.4, -0.2) is 28.7 Å². The maximum atomic E-state index is 11.6. The minimum Gasteiger partial charge on any atom is -0.480 e. The molecule has 6 heteroatoms. The van der Waals surface area contributed by atoms with Gasteiger partial charge in [-0.1, -0.05) is 5.16 Å². The Morgan fingerprint density at radius 3 is 2.68 bits per heavy atom. The van der Waals surface area contributed by atoms with Crippen molar-refractivity contribution in [3.8, 4) is 0 Å². The number of nitrogens with zero attached hydrogens (tertiary/aromatic N) is 1. The SMILES string of the molecule is Cc1cc2onc(CC(=O)NCC(=O)O)c2cc1C. The van der Waals surface area contributed by atoms with E-state index >= 15 is 0 Å². The maximum absolute atomic E-state index is 11.6. The highest BCUT2D eigenvalue weighted by Gasteiger charge is 2.13. The van der Waals surface area contributed by atoms with Crippen LogP contribution < -0.4 is 5.32 Å². The first-order chi connectivity index (χ1) is 8.97. The lowest BCUT2D eigenvalue weighted by Gasteiger charge is -2.01. The number of hydrogen-bond donors (Lipinski definition) is 2. The van der Waals surface area contributed by atoms with Crippen molar-refractivity contribution in [3.63, 3.8) is 0 Å². The largest absolute Gasteiger partial charge is 0.480 e. The van der Waals surface area contributed by atoms with Crippen LogP contribution in [0.1, 0.15) is 16.8 Å². The van der Waals surface area contributed by atoms with Gasteiger partial charge in [-0.05, 0) is 37.1 Å². The summed E-state index contributed by atoms with van der Waals surface area (Å²) in [6, 6.07) is 3.79. The van der Waals surface area contributed by atoms with Gasteiger partial charge in [0.15, 0.2) is 5.58 Å². The lowest BCUT2D eigenvalue weighted by atomic mass is 10.1. The molecule has 1 heterocycles. The van der Waals surface area contributed by atoms with Gasteiger partial charge in [0.2, 0.25) is 5.91 Å². The fraction of sp³-hybridized carbons (Fsp3) is 0.308. The van der Waals surface area contributed by atoms with Crippen molar-refractivity contribution in [3.05, 3.63) is 29.0 Å². The predicted octanol–water partition coefficient (Wildman–Crippen LogP) is 1.19. The standard InChI is InChI=1S/C13H14N2O4/c1-7-3-9-10(5-12(16)14-6-13(17)18)15-19-11(9)4-8(7)2/h3-4H,5-6H2,1-2H3,(H,14,16)(H,17,18). The summed E-state index contributed by atoms with van der Waals surface area (Å²) in [6.45, 7) is 3.54. The molecule has 0 radical (unpaired) electrons. The first-order valence-corrected chi connectivity index (χ1v) is 5.81. The number of fused-ring (bicyclic) bond motifs is 1. The van der Waals surface area contributed by atoms with Crippen LogP contribution in [0.2, 0.25) is 0 Å². The number of carbonyl (C=O) groups excluding carboxylic acids is 1. The molecular formula is C13H14N2O4. The molecule has 0 aliphatic heterocycles. The molecular weight excluding hydrogens is 248 g/mol. The molecule has 0 fully saturated rings. The first-order valence-electron chi connectivity index (χ1n) is 5.81. The molecule has 100 valence electrons. The second kappa shape index (κ2) is 5.09. The summed E-state index contributed by atoms with van der Waals surface area (Å²) in [7, 11) is 0. The Morgan fingerprint density at radius 1 is 1.32 bits per heavy atom. The predicted molar refractivity (Wildman–Crippen MR) is 67.8 cm³/mol. The van der Waals surface area contributed by atoms with Gasteiger partial charge in [-0.25, -0.2) is 0 Å². The summed E-state index contributed by atoms with van der Waals surface area (Å²) in [4.78, 5) is 21.9. The number of aromatic nitrogens is 1. The highest BCUT2D eigenvalue weighted by Crippen LogP contribution is 2.22. The number of carboxylic acids is 1. The smallest absolute Gasteiger partial charge is 0.322 e. The maximum Gasteiger partial charge on any atom is 0.322 e. The Balaban J connectivity index is 2.19. The average Bonchev–Trinajstić information content (AvgIpc) is 2.70. The summed E-state index contributed by atoms with van der Waals surface area (Å²) in [5, 5.41) is 15.4. The monoisotopic (exact) mass is 262 g/mol. The van der Waals surface area contributed by atoms with Crippen LogP contribution in [0, 0.1) is 13.8 Å². The summed E-state index contributed by atoms with van der Waals surface area (Å²) in [5.41, 5.74) is 3.32. The number of nitrogens with one attached hydrogen (secondary N) is 1. The Bertz CT molecular complexity index is 645. The molecule has 1 amide bonds. The fourth-order valence-corrected chi connectivity index (χ4v) is 1.76. The van der Waals surface area contributed by atoms with Crippen molar-refractivity contribution in [2.24, 2.45) is 0 Å². The van der Waals surface area contributed by atoms with E-state index in [1.165, 1.54) is 0 Å². The van der Waals surface area contributed by atoms with Crippen molar-refractivity contribution in [2.75, 3.05) is 6.54 Å². The number of aryl methyl sites for hydroxylation is 2. The molecule has 19 heavy (non-hydrogen) atoms. The highest BCUT2D eigenvalue weighted by atomic mass is 16.5. The quantitative estimate of drug-likeness (QED) is 0.863. The van der Waals surface area contributed by atoms with Crippen LogP contribution in [0.3, 0.4) is 0 Å². The molecule has 1 aromatic carbocycles. The lowest BCUT2D eigenvalue weighted by Crippen LogP contribution is -2.30. The number of aliphatic carboxylic acids is 1. The van der Waals surface area contributed by atoms with Gasteiger partial charge in [0.25, 0.3) is 0 Å². The fourth-order valence-electron chi connectivity index (χ4n) is 1.76. The molecule has 2 aromatic rings. The normalized spacial score (nSPS) is 10.6. The molecule has 0 unspecified atom stereocenters. The number of carboxylic acid groups (broad SMARTS) is 1. The minimum atomic E-state index is -1.08. The van der Waals surface area contributed by atoms with Crippen LogP contribution in [0.4, 0.5) is 0 Å². The lowest BCUT2D eigenvalue weighted by molar-refractivity contribution is -0.137. The third-order valence-electron chi connectivity index (χ3n) is 2.93. The second-order valence-electron chi connectivity index (χ2n) is 4.41. The molecule has 0 bridgehead atoms. The van der Waals surface area contributed by atoms with E-state index in [0.717, 1.165) is 16.5 Å². The third-order valence-corrected chi connectivity index (χ3v) is 2.93. The van der Waals surface area contributed by atoms with Crippen molar-refractivity contribution in [2.45, 2.75) is 20.3 Å². The molecule has 0 saturated carbocycles. The zero-order valence-corrected chi connectivity index (χ0v) is 10.7. The van der Waals surface area contributed by atoms with Crippen LogP contribution in [-0.2, 0) is 16.0 Å². The molecule has 2 N–H and O–H groups in total. The zero-order chi connectivity index (χ0) is 14.0. The Hall–Kier alpha value is -2.37. The van der Waals surface area contributed by atoms with E-state index in [2.05, 4.69) is 10.5 Å². The Morgan fingerprint density at radius 2 is 2.00 bits per heavy atom. The minimum absolute atomic E-state index is 0.00276. The molecule has 0 spiro atoms. The Kier molecular flexibility index (Phi) is 3.50. The molecule has 0 saturated heterocycles. The van der Waals surface area contributed by atoms with E-state index in [4.69, 9.17) is 9.63 Å². The number of hydrogen-bond acceptors (Lipinski definition) is 4. The topological polar surface area (TPSA) is 92.4 Å². The molecule has 0 atom stereocenters. The van der Waals surface area contributed by atoms with E-state index in [-0.39, 0.29) is 6.42 Å². The van der Waals surface area contributed by atoms with Crippen molar-refractivity contribution >= 4 is 22.8 Å². The van der Waals surface area contributed by atoms with E-state index < -0.39 is 18.4 Å². The molecule has 0 aliphatic carbocycles. The van der Waals surface area contributed by atoms with E-state index in [9.17, 15) is 9.59 Å². The zero-order valence-electron chi connectivity index (χ0n) is 10.7. The average molecular weight is 262 g/mol. The van der Waals surface area contributed by atoms with Crippen LogP contribution in [0.15, 0.2) is 16.7 Å². The number of rotatable bonds is 4. The molecule has 0 aliphatic rings. The van der Waals surface area contributed by atoms with Crippen LogP contribution in [0.25, 0.3) is 11.0 Å². The van der Waals surface area contributed by atoms with E-state index in [1.54, 1.807) is 0 Å². The van der Waals surface area contributed by atoms with Crippen molar-refractivity contribution in [1.29, 1.82) is 0 Å². The number of amides is 1. The summed E-state index contributed by atoms with van der Waals surface area (Å²) in [6.07, 6.45) is 0.00276. The van der Waals surface area contributed by atoms with Crippen LogP contribution >= 0.6 is 0 Å². The van der Waals surface area contributed by atoms with E-state index in [0.29, 0.717) is 11.3 Å². The molecule has 1 aromatic heterocycles. The number of benzene rings is 1. The Labute approximate surface area is 109 Å². The van der Waals surface area contributed by atoms with Gasteiger partial charge >= 0.3 is 5.97 Å². The van der Waals surface area contributed by atoms with Gasteiger partial charge in [-0.2, -0.15) is 0 Å². The summed E-state index contributed by atoms with van der Waals surface area (Å²) >= 11 is 0. The van der Waals surface area contributed by atoms with Gasteiger partial charge in [0, 0.05) is 5.39 Å². The second-order valence-corrected chi connectivity index (χ2v) is 4.41. The van der Waals surface area contributed by atoms with Gasteiger partial charge in [0.05, 0.1) is 6.42 Å². The van der Waals surface area contributed by atoms with E-state index in [1.807, 2.05) is 26.0 Å². The van der Waals surface area contributed by atoms with Gasteiger partial charge in [0.1, 0.15) is 12.2 Å². The summed E-state index contributed by atoms with van der Waals surface area (Å²) in [5.74, 6) is -1.47. The van der Waals surface area contributed by atoms with Gasteiger partial charge in [-0.3, -0.25) is 9.59 Å². The van der Waals surface area contributed by atoms with Gasteiger partial charge in [-0.15, -0.1) is 0 Å². The third kappa shape index (κ3) is 2.90. The van der Waals surface area contributed by atoms with Gasteiger partial charge < -0.3 is 14.9 Å². The van der Waals surface area contributed by atoms with Crippen molar-refractivity contribution in [1.82, 2.24) is 10.5 Å². The highest BCUT2D eigenvalue weighted by molar-refractivity contribution is 5.88. The summed E-state index contributed by atoms with van der Waals surface area (Å²) < 4.78 is 5.17. The molecule has 6 nitrogen and oxygen atoms in total. The van der Waals surface area contributed by atoms with Crippen molar-refractivity contribution < 1.29 is 19.2 Å². The number of carbonyl (C=O) groups is 2. The molecule has 2 rings (SSSR count). The first kappa shape index (κ1) is 13.1.